The maximum Gasteiger partial charge on any atom is 0.217 e. The van der Waals surface area contributed by atoms with Crippen molar-refractivity contribution >= 4 is 35.2 Å². The predicted octanol–water partition coefficient (Wildman–Crippen LogP) is 2.54. The minimum Gasteiger partial charge on any atom is -0.353 e. The zero-order chi connectivity index (χ0) is 11.3. The summed E-state index contributed by atoms with van der Waals surface area (Å²) in [6.07, 6.45) is 5.15. The summed E-state index contributed by atoms with van der Waals surface area (Å²) in [5.41, 5.74) is 0.780. The fourth-order valence-electron chi connectivity index (χ4n) is 0.949. The molecule has 0 radical (unpaired) electrons. The fraction of sp³-hybridized carbons (Fsp3) is 0.200. The zero-order valence-electron chi connectivity index (χ0n) is 8.13. The molecule has 1 rings (SSSR count). The van der Waals surface area contributed by atoms with E-state index in [2.05, 4.69) is 10.3 Å². The molecule has 1 aromatic heterocycles. The maximum absolute atomic E-state index is 10.6. The third kappa shape index (κ3) is 3.90. The van der Waals surface area contributed by atoms with E-state index in [9.17, 15) is 4.79 Å². The summed E-state index contributed by atoms with van der Waals surface area (Å²) in [6.45, 7) is 1.93. The van der Waals surface area contributed by atoms with Crippen LogP contribution < -0.4 is 5.32 Å². The summed E-state index contributed by atoms with van der Waals surface area (Å²) in [5, 5.41) is 3.32. The van der Waals surface area contributed by atoms with E-state index in [-0.39, 0.29) is 11.1 Å². The fourth-order valence-corrected chi connectivity index (χ4v) is 1.29. The minimum atomic E-state index is -0.0708. The highest BCUT2D eigenvalue weighted by Crippen LogP contribution is 2.23. The van der Waals surface area contributed by atoms with Crippen LogP contribution in [0.5, 0.6) is 0 Å². The van der Waals surface area contributed by atoms with Crippen LogP contribution in [0.1, 0.15) is 12.5 Å². The normalized spacial score (nSPS) is 10.6. The van der Waals surface area contributed by atoms with E-state index in [4.69, 9.17) is 23.2 Å². The molecule has 0 spiro atoms. The van der Waals surface area contributed by atoms with Crippen LogP contribution in [0.25, 0.3) is 6.08 Å². The smallest absolute Gasteiger partial charge is 0.217 e. The summed E-state index contributed by atoms with van der Waals surface area (Å²) in [7, 11) is 0. The molecule has 80 valence electrons. The van der Waals surface area contributed by atoms with Crippen LogP contribution in [0.2, 0.25) is 10.2 Å². The summed E-state index contributed by atoms with van der Waals surface area (Å²) >= 11 is 11.6. The van der Waals surface area contributed by atoms with Gasteiger partial charge in [0, 0.05) is 19.7 Å². The molecular weight excluding hydrogens is 235 g/mol. The molecule has 0 saturated carbocycles. The molecule has 5 heteroatoms. The number of nitrogens with one attached hydrogen (secondary N) is 1. The van der Waals surface area contributed by atoms with E-state index in [0.29, 0.717) is 11.6 Å². The van der Waals surface area contributed by atoms with Gasteiger partial charge in [0.15, 0.2) is 0 Å². The standard InChI is InChI=1S/C10H10Cl2N2O/c1-7(15)13-5-2-3-8-4-6-14-10(12)9(8)11/h2-4,6H,5H2,1H3,(H,13,15). The molecule has 0 unspecified atom stereocenters. The Morgan fingerprint density at radius 3 is 3.00 bits per heavy atom. The molecule has 0 aliphatic carbocycles. The van der Waals surface area contributed by atoms with Gasteiger partial charge < -0.3 is 5.32 Å². The second-order valence-electron chi connectivity index (χ2n) is 2.84. The topological polar surface area (TPSA) is 42.0 Å². The lowest BCUT2D eigenvalue weighted by Crippen LogP contribution is -2.19. The van der Waals surface area contributed by atoms with Gasteiger partial charge >= 0.3 is 0 Å². The van der Waals surface area contributed by atoms with Crippen molar-refractivity contribution in [1.29, 1.82) is 0 Å². The van der Waals surface area contributed by atoms with Gasteiger partial charge in [0.25, 0.3) is 0 Å². The number of aromatic nitrogens is 1. The lowest BCUT2D eigenvalue weighted by Gasteiger charge is -1.99. The van der Waals surface area contributed by atoms with Crippen LogP contribution in [-0.4, -0.2) is 17.4 Å². The van der Waals surface area contributed by atoms with Crippen LogP contribution >= 0.6 is 23.2 Å². The molecule has 0 aliphatic heterocycles. The van der Waals surface area contributed by atoms with Gasteiger partial charge in [0.2, 0.25) is 5.91 Å². The van der Waals surface area contributed by atoms with Crippen LogP contribution in [0.3, 0.4) is 0 Å². The summed E-state index contributed by atoms with van der Waals surface area (Å²) in [4.78, 5) is 14.4. The Morgan fingerprint density at radius 1 is 1.60 bits per heavy atom. The van der Waals surface area contributed by atoms with Gasteiger partial charge in [-0.05, 0) is 11.6 Å². The molecule has 1 amide bonds. The van der Waals surface area contributed by atoms with Gasteiger partial charge in [0.1, 0.15) is 5.15 Å². The average Bonchev–Trinajstić information content (AvgIpc) is 2.18. The van der Waals surface area contributed by atoms with Gasteiger partial charge in [-0.1, -0.05) is 35.4 Å². The first-order chi connectivity index (χ1) is 7.11. The lowest BCUT2D eigenvalue weighted by atomic mass is 10.2. The van der Waals surface area contributed by atoms with Crippen molar-refractivity contribution in [3.05, 3.63) is 34.1 Å². The highest BCUT2D eigenvalue weighted by Gasteiger charge is 2.01. The SMILES string of the molecule is CC(=O)NCC=Cc1ccnc(Cl)c1Cl. The molecule has 15 heavy (non-hydrogen) atoms. The van der Waals surface area contributed by atoms with E-state index < -0.39 is 0 Å². The van der Waals surface area contributed by atoms with Gasteiger partial charge in [0.05, 0.1) is 5.02 Å². The average molecular weight is 245 g/mol. The molecular formula is C10H10Cl2N2O. The number of carbonyl (C=O) groups is 1. The van der Waals surface area contributed by atoms with Crippen LogP contribution in [-0.2, 0) is 4.79 Å². The number of amides is 1. The first-order valence-corrected chi connectivity index (χ1v) is 5.08. The molecule has 0 fully saturated rings. The largest absolute Gasteiger partial charge is 0.353 e. The number of hydrogen-bond donors (Lipinski definition) is 1. The second kappa shape index (κ2) is 5.73. The van der Waals surface area contributed by atoms with E-state index >= 15 is 0 Å². The summed E-state index contributed by atoms with van der Waals surface area (Å²) in [6, 6.07) is 1.75. The number of hydrogen-bond acceptors (Lipinski definition) is 2. The minimum absolute atomic E-state index is 0.0708. The van der Waals surface area contributed by atoms with Crippen molar-refractivity contribution in [1.82, 2.24) is 10.3 Å². The lowest BCUT2D eigenvalue weighted by molar-refractivity contribution is -0.118. The Bertz CT molecular complexity index is 391. The van der Waals surface area contributed by atoms with Gasteiger partial charge in [-0.3, -0.25) is 4.79 Å². The molecule has 0 saturated heterocycles. The summed E-state index contributed by atoms with van der Waals surface area (Å²) in [5.74, 6) is -0.0708. The van der Waals surface area contributed by atoms with Gasteiger partial charge in [-0.25, -0.2) is 4.98 Å². The number of halogens is 2. The van der Waals surface area contributed by atoms with Crippen molar-refractivity contribution in [2.75, 3.05) is 6.54 Å². The Morgan fingerprint density at radius 2 is 2.33 bits per heavy atom. The van der Waals surface area contributed by atoms with Crippen molar-refractivity contribution in [2.24, 2.45) is 0 Å². The number of carbonyl (C=O) groups excluding carboxylic acids is 1. The quantitative estimate of drug-likeness (QED) is 0.831. The van der Waals surface area contributed by atoms with E-state index in [0.717, 1.165) is 5.56 Å². The first kappa shape index (κ1) is 12.0. The highest BCUT2D eigenvalue weighted by molar-refractivity contribution is 6.42. The van der Waals surface area contributed by atoms with Crippen molar-refractivity contribution in [2.45, 2.75) is 6.92 Å². The molecule has 1 aromatic rings. The van der Waals surface area contributed by atoms with Crippen LogP contribution in [0, 0.1) is 0 Å². The maximum atomic E-state index is 10.6. The summed E-state index contributed by atoms with van der Waals surface area (Å²) < 4.78 is 0. The van der Waals surface area contributed by atoms with Crippen molar-refractivity contribution in [3.8, 4) is 0 Å². The third-order valence-electron chi connectivity index (χ3n) is 1.64. The Labute approximate surface area is 98.1 Å². The van der Waals surface area contributed by atoms with Gasteiger partial charge in [-0.2, -0.15) is 0 Å². The predicted molar refractivity (Wildman–Crippen MR) is 62.0 cm³/mol. The van der Waals surface area contributed by atoms with E-state index in [1.807, 2.05) is 0 Å². The number of pyridine rings is 1. The molecule has 0 bridgehead atoms. The van der Waals surface area contributed by atoms with Gasteiger partial charge in [-0.15, -0.1) is 0 Å². The van der Waals surface area contributed by atoms with Crippen molar-refractivity contribution < 1.29 is 4.79 Å². The van der Waals surface area contributed by atoms with E-state index in [1.165, 1.54) is 6.92 Å². The third-order valence-corrected chi connectivity index (χ3v) is 2.42. The molecule has 1 N–H and O–H groups in total. The molecule has 1 heterocycles. The molecule has 0 aliphatic rings. The number of nitrogens with zero attached hydrogens (tertiary/aromatic N) is 1. The Hall–Kier alpha value is -1.06. The van der Waals surface area contributed by atoms with Crippen LogP contribution in [0.15, 0.2) is 18.3 Å². The molecule has 0 atom stereocenters. The molecule has 3 nitrogen and oxygen atoms in total. The van der Waals surface area contributed by atoms with Crippen LogP contribution in [0.4, 0.5) is 0 Å². The highest BCUT2D eigenvalue weighted by atomic mass is 35.5. The Balaban J connectivity index is 2.64. The monoisotopic (exact) mass is 244 g/mol. The number of rotatable bonds is 3. The van der Waals surface area contributed by atoms with E-state index in [1.54, 1.807) is 24.4 Å². The first-order valence-electron chi connectivity index (χ1n) is 4.32. The Kier molecular flexibility index (Phi) is 4.59. The molecule has 0 aromatic carbocycles. The van der Waals surface area contributed by atoms with Crippen molar-refractivity contribution in [3.63, 3.8) is 0 Å². The zero-order valence-corrected chi connectivity index (χ0v) is 9.64. The second-order valence-corrected chi connectivity index (χ2v) is 3.58.